The normalized spacial score (nSPS) is 11.1. The van der Waals surface area contributed by atoms with Gasteiger partial charge >= 0.3 is 5.97 Å². The molecule has 6 heteroatoms. The molecule has 0 aromatic heterocycles. The average Bonchev–Trinajstić information content (AvgIpc) is 2.62. The Labute approximate surface area is 151 Å². The molecule has 0 spiro atoms. The van der Waals surface area contributed by atoms with Gasteiger partial charge in [0.25, 0.3) is 0 Å². The molecule has 0 amide bonds. The molecule has 1 aromatic rings. The summed E-state index contributed by atoms with van der Waals surface area (Å²) >= 11 is 0. The van der Waals surface area contributed by atoms with Crippen molar-refractivity contribution in [3.8, 4) is 5.75 Å². The van der Waals surface area contributed by atoms with Gasteiger partial charge in [-0.1, -0.05) is 27.7 Å². The number of benzene rings is 1. The quantitative estimate of drug-likeness (QED) is 0.565. The largest absolute Gasteiger partial charge is 0.507 e. The number of hydrogen-bond acceptors (Lipinski definition) is 6. The first-order chi connectivity index (χ1) is 12.0. The van der Waals surface area contributed by atoms with Gasteiger partial charge in [0.15, 0.2) is 0 Å². The predicted molar refractivity (Wildman–Crippen MR) is 102 cm³/mol. The van der Waals surface area contributed by atoms with Crippen molar-refractivity contribution >= 4 is 11.7 Å². The van der Waals surface area contributed by atoms with Gasteiger partial charge in [0.2, 0.25) is 0 Å². The van der Waals surface area contributed by atoms with Crippen LogP contribution in [-0.4, -0.2) is 73.3 Å². The summed E-state index contributed by atoms with van der Waals surface area (Å²) in [7, 11) is 0. The van der Waals surface area contributed by atoms with Gasteiger partial charge in [0.1, 0.15) is 17.9 Å². The smallest absolute Gasteiger partial charge is 0.341 e. The van der Waals surface area contributed by atoms with E-state index in [1.807, 2.05) is 0 Å². The number of nitrogens with one attached hydrogen (secondary N) is 1. The molecule has 6 nitrogen and oxygen atoms in total. The lowest BCUT2D eigenvalue weighted by Gasteiger charge is -2.19. The second-order valence-electron chi connectivity index (χ2n) is 5.85. The van der Waals surface area contributed by atoms with Crippen LogP contribution in [0, 0.1) is 0 Å². The van der Waals surface area contributed by atoms with E-state index in [9.17, 15) is 9.90 Å². The highest BCUT2D eigenvalue weighted by Gasteiger charge is 2.13. The number of hydrogen-bond donors (Lipinski definition) is 2. The third kappa shape index (κ3) is 7.32. The molecule has 0 fully saturated rings. The lowest BCUT2D eigenvalue weighted by atomic mass is 10.2. The number of ether oxygens (including phenoxy) is 1. The maximum absolute atomic E-state index is 12.1. The number of nitrogens with zero attached hydrogens (tertiary/aromatic N) is 2. The molecule has 0 aliphatic heterocycles. The van der Waals surface area contributed by atoms with Gasteiger partial charge < -0.3 is 25.0 Å². The van der Waals surface area contributed by atoms with E-state index in [-0.39, 0.29) is 11.3 Å². The Morgan fingerprint density at radius 3 is 2.20 bits per heavy atom. The van der Waals surface area contributed by atoms with Crippen molar-refractivity contribution < 1.29 is 14.6 Å². The van der Waals surface area contributed by atoms with Crippen molar-refractivity contribution in [2.45, 2.75) is 27.7 Å². The summed E-state index contributed by atoms with van der Waals surface area (Å²) in [6.45, 7) is 15.0. The molecule has 25 heavy (non-hydrogen) atoms. The number of carbonyl (C=O) groups is 1. The molecule has 0 bridgehead atoms. The zero-order valence-corrected chi connectivity index (χ0v) is 16.0. The standard InChI is InChI=1S/C19H33N3O3/c1-5-21(6-2)12-11-20-16-9-10-17(18(23)15-16)19(24)25-14-13-22(7-3)8-4/h9-10,15,20,23H,5-8,11-14H2,1-4H3. The fourth-order valence-electron chi connectivity index (χ4n) is 2.60. The zero-order valence-electron chi connectivity index (χ0n) is 16.0. The Kier molecular flexibility index (Phi) is 9.96. The van der Waals surface area contributed by atoms with Crippen LogP contribution in [0.5, 0.6) is 5.75 Å². The highest BCUT2D eigenvalue weighted by molar-refractivity contribution is 5.93. The summed E-state index contributed by atoms with van der Waals surface area (Å²) in [5, 5.41) is 13.4. The molecule has 0 radical (unpaired) electrons. The van der Waals surface area contributed by atoms with Gasteiger partial charge in [-0.3, -0.25) is 0 Å². The van der Waals surface area contributed by atoms with Crippen LogP contribution in [0.4, 0.5) is 5.69 Å². The van der Waals surface area contributed by atoms with E-state index < -0.39 is 5.97 Å². The van der Waals surface area contributed by atoms with Gasteiger partial charge in [-0.05, 0) is 38.3 Å². The van der Waals surface area contributed by atoms with Crippen molar-refractivity contribution in [2.24, 2.45) is 0 Å². The topological polar surface area (TPSA) is 65.0 Å². The minimum atomic E-state index is -0.487. The predicted octanol–water partition coefficient (Wildman–Crippen LogP) is 2.64. The van der Waals surface area contributed by atoms with Crippen LogP contribution in [0.3, 0.4) is 0 Å². The average molecular weight is 351 g/mol. The maximum Gasteiger partial charge on any atom is 0.341 e. The number of anilines is 1. The Balaban J connectivity index is 2.50. The Hall–Kier alpha value is -1.79. The van der Waals surface area contributed by atoms with E-state index >= 15 is 0 Å². The number of likely N-dealkylation sites (N-methyl/N-ethyl adjacent to an activating group) is 2. The van der Waals surface area contributed by atoms with E-state index in [1.165, 1.54) is 0 Å². The van der Waals surface area contributed by atoms with Crippen LogP contribution in [0.25, 0.3) is 0 Å². The highest BCUT2D eigenvalue weighted by Crippen LogP contribution is 2.22. The highest BCUT2D eigenvalue weighted by atomic mass is 16.5. The molecule has 0 aliphatic rings. The van der Waals surface area contributed by atoms with Gasteiger partial charge in [-0.15, -0.1) is 0 Å². The third-order valence-corrected chi connectivity index (χ3v) is 4.40. The third-order valence-electron chi connectivity index (χ3n) is 4.40. The van der Waals surface area contributed by atoms with Crippen LogP contribution < -0.4 is 5.32 Å². The molecule has 0 saturated carbocycles. The van der Waals surface area contributed by atoms with Gasteiger partial charge in [0.05, 0.1) is 0 Å². The van der Waals surface area contributed by atoms with Crippen molar-refractivity contribution in [1.29, 1.82) is 0 Å². The number of phenolic OH excluding ortho intramolecular Hbond substituents is 1. The van der Waals surface area contributed by atoms with Crippen molar-refractivity contribution in [3.05, 3.63) is 23.8 Å². The summed E-state index contributed by atoms with van der Waals surface area (Å²) in [5.41, 5.74) is 0.998. The van der Waals surface area contributed by atoms with Crippen molar-refractivity contribution in [2.75, 3.05) is 57.7 Å². The molecule has 1 rings (SSSR count). The fourth-order valence-corrected chi connectivity index (χ4v) is 2.60. The molecular formula is C19H33N3O3. The van der Waals surface area contributed by atoms with E-state index in [4.69, 9.17) is 4.74 Å². The maximum atomic E-state index is 12.1. The Bertz CT molecular complexity index is 515. The van der Waals surface area contributed by atoms with Gasteiger partial charge in [-0.25, -0.2) is 4.79 Å². The number of aromatic hydroxyl groups is 1. The summed E-state index contributed by atoms with van der Waals surface area (Å²) in [4.78, 5) is 16.6. The molecule has 142 valence electrons. The molecule has 2 N–H and O–H groups in total. The lowest BCUT2D eigenvalue weighted by Crippen LogP contribution is -2.28. The zero-order chi connectivity index (χ0) is 18.7. The molecular weight excluding hydrogens is 318 g/mol. The second-order valence-corrected chi connectivity index (χ2v) is 5.85. The fraction of sp³-hybridized carbons (Fsp3) is 0.632. The molecule has 1 aromatic carbocycles. The van der Waals surface area contributed by atoms with Gasteiger partial charge in [0, 0.05) is 31.4 Å². The first kappa shape index (κ1) is 21.3. The first-order valence-corrected chi connectivity index (χ1v) is 9.24. The van der Waals surface area contributed by atoms with Crippen molar-refractivity contribution in [1.82, 2.24) is 9.80 Å². The van der Waals surface area contributed by atoms with Crippen LogP contribution >= 0.6 is 0 Å². The number of esters is 1. The van der Waals surface area contributed by atoms with Crippen molar-refractivity contribution in [3.63, 3.8) is 0 Å². The summed E-state index contributed by atoms with van der Waals surface area (Å²) in [6.07, 6.45) is 0. The summed E-state index contributed by atoms with van der Waals surface area (Å²) < 4.78 is 5.26. The lowest BCUT2D eigenvalue weighted by molar-refractivity contribution is 0.0463. The van der Waals surface area contributed by atoms with Crippen LogP contribution in [0.1, 0.15) is 38.1 Å². The minimum Gasteiger partial charge on any atom is -0.507 e. The molecule has 0 saturated heterocycles. The SMILES string of the molecule is CCN(CC)CCNc1ccc(C(=O)OCCN(CC)CC)c(O)c1. The van der Waals surface area contributed by atoms with Crippen LogP contribution in [-0.2, 0) is 4.74 Å². The monoisotopic (exact) mass is 351 g/mol. The minimum absolute atomic E-state index is 0.0549. The second kappa shape index (κ2) is 11.7. The van der Waals surface area contributed by atoms with E-state index in [0.717, 1.165) is 45.0 Å². The van der Waals surface area contributed by atoms with Crippen LogP contribution in [0.15, 0.2) is 18.2 Å². The Morgan fingerprint density at radius 1 is 1.04 bits per heavy atom. The molecule has 0 unspecified atom stereocenters. The summed E-state index contributed by atoms with van der Waals surface area (Å²) in [6, 6.07) is 4.97. The van der Waals surface area contributed by atoms with E-state index in [1.54, 1.807) is 18.2 Å². The molecule has 0 heterocycles. The van der Waals surface area contributed by atoms with E-state index in [2.05, 4.69) is 42.8 Å². The number of carbonyl (C=O) groups excluding carboxylic acids is 1. The number of rotatable bonds is 12. The van der Waals surface area contributed by atoms with Gasteiger partial charge in [-0.2, -0.15) is 0 Å². The number of phenols is 1. The molecule has 0 aliphatic carbocycles. The molecule has 0 atom stereocenters. The van der Waals surface area contributed by atoms with Crippen LogP contribution in [0.2, 0.25) is 0 Å². The van der Waals surface area contributed by atoms with E-state index in [0.29, 0.717) is 13.2 Å². The Morgan fingerprint density at radius 2 is 1.64 bits per heavy atom. The summed E-state index contributed by atoms with van der Waals surface area (Å²) in [5.74, 6) is -0.542. The first-order valence-electron chi connectivity index (χ1n) is 9.24.